The predicted molar refractivity (Wildman–Crippen MR) is 109 cm³/mol. The zero-order chi connectivity index (χ0) is 18.1. The Morgan fingerprint density at radius 2 is 1.85 bits per heavy atom. The average molecular weight is 355 g/mol. The first kappa shape index (κ1) is 16.0. The number of aliphatic imine (C=N–C) groups is 1. The number of fused-ring (bicyclic) bond motifs is 2. The van der Waals surface area contributed by atoms with E-state index in [2.05, 4.69) is 49.0 Å². The van der Waals surface area contributed by atoms with E-state index in [9.17, 15) is 0 Å². The lowest BCUT2D eigenvalue weighted by atomic mass is 10.2. The maximum atomic E-state index is 4.64. The first-order valence-electron chi connectivity index (χ1n) is 9.51. The van der Waals surface area contributed by atoms with Crippen LogP contribution in [0.1, 0.15) is 30.7 Å². The molecule has 0 fully saturated rings. The smallest absolute Gasteiger partial charge is 0.163 e. The monoisotopic (exact) mass is 355 g/mol. The van der Waals surface area contributed by atoms with Crippen LogP contribution in [0.15, 0.2) is 59.7 Å². The van der Waals surface area contributed by atoms with E-state index >= 15 is 0 Å². The van der Waals surface area contributed by atoms with Gasteiger partial charge in [-0.15, -0.1) is 10.2 Å². The van der Waals surface area contributed by atoms with Crippen LogP contribution in [-0.2, 0) is 13.0 Å². The van der Waals surface area contributed by atoms with E-state index in [0.717, 1.165) is 46.9 Å². The maximum absolute atomic E-state index is 4.64. The molecule has 0 saturated carbocycles. The quantitative estimate of drug-likeness (QED) is 0.531. The lowest BCUT2D eigenvalue weighted by Crippen LogP contribution is -2.02. The number of H-pyrrole nitrogens is 1. The Morgan fingerprint density at radius 3 is 2.78 bits per heavy atom. The first-order valence-corrected chi connectivity index (χ1v) is 9.51. The molecule has 1 aliphatic rings. The number of para-hydroxylation sites is 1. The van der Waals surface area contributed by atoms with Gasteiger partial charge in [0, 0.05) is 47.4 Å². The van der Waals surface area contributed by atoms with Gasteiger partial charge in [0.05, 0.1) is 5.69 Å². The number of hydrogen-bond donors (Lipinski definition) is 1. The third-order valence-electron chi connectivity index (χ3n) is 5.21. The topological polar surface area (TPSA) is 58.9 Å². The molecule has 5 heteroatoms. The number of rotatable bonds is 3. The summed E-state index contributed by atoms with van der Waals surface area (Å²) in [7, 11) is 0. The number of aryl methyl sites for hydroxylation is 1. The van der Waals surface area contributed by atoms with Crippen molar-refractivity contribution >= 4 is 22.8 Å². The lowest BCUT2D eigenvalue weighted by molar-refractivity contribution is 0.636. The van der Waals surface area contributed by atoms with Crippen molar-refractivity contribution in [3.05, 3.63) is 66.1 Å². The molecule has 3 heterocycles. The minimum absolute atomic E-state index is 0.930. The van der Waals surface area contributed by atoms with Crippen LogP contribution in [0.2, 0.25) is 0 Å². The Morgan fingerprint density at radius 1 is 0.963 bits per heavy atom. The van der Waals surface area contributed by atoms with E-state index in [4.69, 9.17) is 0 Å². The van der Waals surface area contributed by atoms with Gasteiger partial charge in [-0.2, -0.15) is 0 Å². The van der Waals surface area contributed by atoms with Gasteiger partial charge in [0.15, 0.2) is 5.82 Å². The molecule has 0 unspecified atom stereocenters. The fourth-order valence-corrected chi connectivity index (χ4v) is 3.74. The Hall–Kier alpha value is -3.21. The van der Waals surface area contributed by atoms with Gasteiger partial charge in [-0.1, -0.05) is 24.6 Å². The summed E-state index contributed by atoms with van der Waals surface area (Å²) in [6.07, 6.45) is 8.61. The molecule has 0 atom stereocenters. The molecule has 2 aromatic heterocycles. The van der Waals surface area contributed by atoms with Gasteiger partial charge in [-0.3, -0.25) is 4.99 Å². The van der Waals surface area contributed by atoms with Crippen LogP contribution in [-0.4, -0.2) is 26.0 Å². The molecule has 4 aromatic rings. The van der Waals surface area contributed by atoms with E-state index in [1.807, 2.05) is 36.7 Å². The largest absolute Gasteiger partial charge is 0.361 e. The Labute approximate surface area is 157 Å². The van der Waals surface area contributed by atoms with Crippen molar-refractivity contribution < 1.29 is 0 Å². The van der Waals surface area contributed by atoms with Gasteiger partial charge in [0.1, 0.15) is 5.82 Å². The lowest BCUT2D eigenvalue weighted by Gasteiger charge is -2.07. The van der Waals surface area contributed by atoms with Crippen LogP contribution in [0.3, 0.4) is 0 Å². The van der Waals surface area contributed by atoms with Crippen LogP contribution in [0, 0.1) is 0 Å². The molecule has 134 valence electrons. The highest BCUT2D eigenvalue weighted by atomic mass is 15.3. The van der Waals surface area contributed by atoms with E-state index in [1.54, 1.807) is 0 Å². The summed E-state index contributed by atoms with van der Waals surface area (Å²) in [6.45, 7) is 1.01. The van der Waals surface area contributed by atoms with E-state index in [1.165, 1.54) is 24.6 Å². The standard InChI is InChI=1S/C22H21N5/c1-2-8-21-25-26-22(27(21)13-5-1)16-9-11-18(12-10-16)23-14-17-15-24-20-7-4-3-6-19(17)20/h3-4,6-7,9-12,14-15,24H,1-2,5,8,13H2. The summed E-state index contributed by atoms with van der Waals surface area (Å²) in [4.78, 5) is 7.91. The molecule has 0 amide bonds. The second kappa shape index (κ2) is 6.83. The molecule has 1 N–H and O–H groups in total. The van der Waals surface area contributed by atoms with Crippen LogP contribution >= 0.6 is 0 Å². The molecule has 5 rings (SSSR count). The number of nitrogens with zero attached hydrogens (tertiary/aromatic N) is 4. The molecule has 5 nitrogen and oxygen atoms in total. The highest BCUT2D eigenvalue weighted by Gasteiger charge is 2.15. The third kappa shape index (κ3) is 3.05. The van der Waals surface area contributed by atoms with Gasteiger partial charge in [-0.05, 0) is 43.2 Å². The summed E-state index contributed by atoms with van der Waals surface area (Å²) >= 11 is 0. The summed E-state index contributed by atoms with van der Waals surface area (Å²) in [6, 6.07) is 16.5. The van der Waals surface area contributed by atoms with Gasteiger partial charge in [-0.25, -0.2) is 0 Å². The molecule has 0 bridgehead atoms. The normalized spacial score (nSPS) is 14.5. The molecular formula is C22H21N5. The highest BCUT2D eigenvalue weighted by Crippen LogP contribution is 2.25. The van der Waals surface area contributed by atoms with Crippen molar-refractivity contribution in [2.75, 3.05) is 0 Å². The van der Waals surface area contributed by atoms with E-state index in [-0.39, 0.29) is 0 Å². The van der Waals surface area contributed by atoms with Gasteiger partial charge >= 0.3 is 0 Å². The zero-order valence-electron chi connectivity index (χ0n) is 15.1. The van der Waals surface area contributed by atoms with Crippen molar-refractivity contribution in [2.24, 2.45) is 4.99 Å². The Balaban J connectivity index is 1.40. The third-order valence-corrected chi connectivity index (χ3v) is 5.21. The number of nitrogens with one attached hydrogen (secondary N) is 1. The Bertz CT molecular complexity index is 1100. The number of benzene rings is 2. The zero-order valence-corrected chi connectivity index (χ0v) is 15.1. The Kier molecular flexibility index (Phi) is 4.05. The molecular weight excluding hydrogens is 334 g/mol. The fourth-order valence-electron chi connectivity index (χ4n) is 3.74. The van der Waals surface area contributed by atoms with Gasteiger partial charge in [0.2, 0.25) is 0 Å². The van der Waals surface area contributed by atoms with Crippen molar-refractivity contribution in [2.45, 2.75) is 32.2 Å². The van der Waals surface area contributed by atoms with Crippen LogP contribution in [0.4, 0.5) is 5.69 Å². The summed E-state index contributed by atoms with van der Waals surface area (Å²) in [5.74, 6) is 2.09. The maximum Gasteiger partial charge on any atom is 0.163 e. The van der Waals surface area contributed by atoms with Gasteiger partial charge < -0.3 is 9.55 Å². The number of aromatic nitrogens is 4. The molecule has 0 aliphatic carbocycles. The molecule has 2 aromatic carbocycles. The van der Waals surface area contributed by atoms with Crippen molar-refractivity contribution in [1.82, 2.24) is 19.7 Å². The van der Waals surface area contributed by atoms with E-state index < -0.39 is 0 Å². The summed E-state index contributed by atoms with van der Waals surface area (Å²) in [5.41, 5.74) is 4.25. The minimum Gasteiger partial charge on any atom is -0.361 e. The molecule has 0 saturated heterocycles. The van der Waals surface area contributed by atoms with Crippen LogP contribution in [0.25, 0.3) is 22.3 Å². The second-order valence-corrected chi connectivity index (χ2v) is 7.00. The van der Waals surface area contributed by atoms with E-state index in [0.29, 0.717) is 0 Å². The van der Waals surface area contributed by atoms with Crippen molar-refractivity contribution in [3.8, 4) is 11.4 Å². The molecule has 0 radical (unpaired) electrons. The van der Waals surface area contributed by atoms with Crippen LogP contribution < -0.4 is 0 Å². The summed E-state index contributed by atoms with van der Waals surface area (Å²) in [5, 5.41) is 10.0. The van der Waals surface area contributed by atoms with Gasteiger partial charge in [0.25, 0.3) is 0 Å². The highest BCUT2D eigenvalue weighted by molar-refractivity contribution is 5.99. The van der Waals surface area contributed by atoms with Crippen LogP contribution in [0.5, 0.6) is 0 Å². The number of hydrogen-bond acceptors (Lipinski definition) is 3. The fraction of sp³-hybridized carbons (Fsp3) is 0.227. The molecule has 1 aliphatic heterocycles. The second-order valence-electron chi connectivity index (χ2n) is 7.00. The van der Waals surface area contributed by atoms with Crippen molar-refractivity contribution in [1.29, 1.82) is 0 Å². The number of aromatic amines is 1. The SMILES string of the molecule is C(=Nc1ccc(-c2nnc3n2CCCCC3)cc1)c1c[nH]c2ccccc12. The average Bonchev–Trinajstić information content (AvgIpc) is 3.24. The first-order chi connectivity index (χ1) is 13.4. The summed E-state index contributed by atoms with van der Waals surface area (Å²) < 4.78 is 2.28. The molecule has 0 spiro atoms. The van der Waals surface area contributed by atoms with Crippen molar-refractivity contribution in [3.63, 3.8) is 0 Å². The predicted octanol–water partition coefficient (Wildman–Crippen LogP) is 4.90. The minimum atomic E-state index is 0.930. The molecule has 27 heavy (non-hydrogen) atoms.